The molecule has 2 unspecified atom stereocenters. The lowest BCUT2D eigenvalue weighted by Gasteiger charge is -2.36. The minimum absolute atomic E-state index is 0.138. The monoisotopic (exact) mass is 530 g/mol. The van der Waals surface area contributed by atoms with E-state index in [9.17, 15) is 19.2 Å². The number of likely N-dealkylation sites (tertiary alicyclic amines) is 2. The van der Waals surface area contributed by atoms with Gasteiger partial charge in [0.15, 0.2) is 12.2 Å². The van der Waals surface area contributed by atoms with Gasteiger partial charge in [0.25, 0.3) is 23.6 Å². The molecule has 3 rings (SSSR count). The van der Waals surface area contributed by atoms with Gasteiger partial charge in [0, 0.05) is 37.3 Å². The molecule has 2 heterocycles. The summed E-state index contributed by atoms with van der Waals surface area (Å²) >= 11 is 0. The molecule has 1 aromatic rings. The van der Waals surface area contributed by atoms with Crippen LogP contribution in [-0.4, -0.2) is 71.8 Å². The third kappa shape index (κ3) is 8.01. The van der Waals surface area contributed by atoms with Crippen molar-refractivity contribution in [3.8, 4) is 0 Å². The van der Waals surface area contributed by atoms with E-state index in [2.05, 4.69) is 11.0 Å². The van der Waals surface area contributed by atoms with Crippen LogP contribution in [0.15, 0.2) is 24.3 Å². The average molecular weight is 531 g/mol. The van der Waals surface area contributed by atoms with Crippen molar-refractivity contribution < 1.29 is 28.9 Å². The molecule has 0 aromatic heterocycles. The summed E-state index contributed by atoms with van der Waals surface area (Å²) in [5, 5.41) is 0. The zero-order valence-electron chi connectivity index (χ0n) is 23.4. The Morgan fingerprint density at radius 1 is 0.816 bits per heavy atom. The standard InChI is InChI=1S/C28H42N4O6/c1-17(2)13-31-15-19(5)10-23(27(31)35)37-29-25(33)21-8-7-9-22(12-21)26(34)30-38-24-11-20(6)16-32(28(24)36)14-18(3)4/h7-9,12,17-20,23-24H,10-11,13-16H2,1-6H3,(H,29,33)(H,30,34)/t19?,20?,23-,24-/m1/s1. The van der Waals surface area contributed by atoms with Crippen LogP contribution in [0.1, 0.15) is 75.1 Å². The van der Waals surface area contributed by atoms with E-state index in [1.165, 1.54) is 6.07 Å². The molecule has 0 radical (unpaired) electrons. The first-order valence-electron chi connectivity index (χ1n) is 13.5. The number of carbonyl (C=O) groups excluding carboxylic acids is 4. The van der Waals surface area contributed by atoms with Gasteiger partial charge < -0.3 is 9.80 Å². The highest BCUT2D eigenvalue weighted by atomic mass is 16.7. The lowest BCUT2D eigenvalue weighted by molar-refractivity contribution is -0.156. The molecule has 10 heteroatoms. The maximum atomic E-state index is 12.8. The van der Waals surface area contributed by atoms with Crippen LogP contribution in [0.3, 0.4) is 0 Å². The first-order valence-corrected chi connectivity index (χ1v) is 13.5. The molecule has 38 heavy (non-hydrogen) atoms. The van der Waals surface area contributed by atoms with E-state index in [1.54, 1.807) is 28.0 Å². The van der Waals surface area contributed by atoms with Crippen molar-refractivity contribution in [2.24, 2.45) is 23.7 Å². The van der Waals surface area contributed by atoms with E-state index < -0.39 is 24.0 Å². The number of piperidine rings is 2. The second-order valence-corrected chi connectivity index (χ2v) is 11.6. The Kier molecular flexibility index (Phi) is 10.3. The van der Waals surface area contributed by atoms with Crippen LogP contribution in [-0.2, 0) is 19.3 Å². The third-order valence-electron chi connectivity index (χ3n) is 6.62. The Bertz CT molecular complexity index is 934. The number of carbonyl (C=O) groups is 4. The van der Waals surface area contributed by atoms with Crippen molar-refractivity contribution in [2.75, 3.05) is 26.2 Å². The van der Waals surface area contributed by atoms with Crippen molar-refractivity contribution in [1.82, 2.24) is 20.8 Å². The van der Waals surface area contributed by atoms with Gasteiger partial charge in [-0.3, -0.25) is 28.9 Å². The molecular formula is C28H42N4O6. The molecule has 0 spiro atoms. The Morgan fingerprint density at radius 2 is 1.21 bits per heavy atom. The highest BCUT2D eigenvalue weighted by Gasteiger charge is 2.35. The summed E-state index contributed by atoms with van der Waals surface area (Å²) in [7, 11) is 0. The molecular weight excluding hydrogens is 488 g/mol. The van der Waals surface area contributed by atoms with Crippen LogP contribution in [0.5, 0.6) is 0 Å². The van der Waals surface area contributed by atoms with Gasteiger partial charge in [-0.15, -0.1) is 0 Å². The van der Waals surface area contributed by atoms with E-state index in [0.717, 1.165) is 0 Å². The summed E-state index contributed by atoms with van der Waals surface area (Å²) < 4.78 is 0. The van der Waals surface area contributed by atoms with Gasteiger partial charge in [-0.25, -0.2) is 11.0 Å². The number of amides is 4. The molecule has 2 aliphatic heterocycles. The first-order chi connectivity index (χ1) is 17.9. The molecule has 2 saturated heterocycles. The van der Waals surface area contributed by atoms with E-state index in [-0.39, 0.29) is 34.8 Å². The van der Waals surface area contributed by atoms with Crippen molar-refractivity contribution in [2.45, 2.75) is 66.6 Å². The number of benzene rings is 1. The molecule has 0 bridgehead atoms. The molecule has 2 fully saturated rings. The highest BCUT2D eigenvalue weighted by Crippen LogP contribution is 2.22. The van der Waals surface area contributed by atoms with Gasteiger partial charge in [0.2, 0.25) is 0 Å². The number of rotatable bonds is 10. The second kappa shape index (κ2) is 13.2. The number of hydrogen-bond donors (Lipinski definition) is 2. The zero-order valence-corrected chi connectivity index (χ0v) is 23.4. The van der Waals surface area contributed by atoms with Gasteiger partial charge in [-0.05, 0) is 54.7 Å². The molecule has 210 valence electrons. The fourth-order valence-electron chi connectivity index (χ4n) is 5.00. The van der Waals surface area contributed by atoms with Crippen LogP contribution < -0.4 is 11.0 Å². The number of nitrogens with zero attached hydrogens (tertiary/aromatic N) is 2. The predicted octanol–water partition coefficient (Wildman–Crippen LogP) is 2.80. The number of hydrogen-bond acceptors (Lipinski definition) is 6. The van der Waals surface area contributed by atoms with Gasteiger partial charge in [0.1, 0.15) is 0 Å². The predicted molar refractivity (Wildman–Crippen MR) is 142 cm³/mol. The normalized spacial score (nSPS) is 24.2. The maximum Gasteiger partial charge on any atom is 0.274 e. The molecule has 4 atom stereocenters. The quantitative estimate of drug-likeness (QED) is 0.449. The first kappa shape index (κ1) is 29.6. The van der Waals surface area contributed by atoms with Crippen molar-refractivity contribution in [1.29, 1.82) is 0 Å². The van der Waals surface area contributed by atoms with Crippen LogP contribution in [0.4, 0.5) is 0 Å². The van der Waals surface area contributed by atoms with Gasteiger partial charge in [-0.1, -0.05) is 47.6 Å². The Hall–Kier alpha value is -2.98. The maximum absolute atomic E-state index is 12.8. The molecule has 2 N–H and O–H groups in total. The topological polar surface area (TPSA) is 117 Å². The second-order valence-electron chi connectivity index (χ2n) is 11.6. The fraction of sp³-hybridized carbons (Fsp3) is 0.643. The van der Waals surface area contributed by atoms with Crippen LogP contribution >= 0.6 is 0 Å². The zero-order chi connectivity index (χ0) is 28.0. The summed E-state index contributed by atoms with van der Waals surface area (Å²) in [5.41, 5.74) is 5.14. The van der Waals surface area contributed by atoms with E-state index >= 15 is 0 Å². The van der Waals surface area contributed by atoms with Crippen molar-refractivity contribution >= 4 is 23.6 Å². The molecule has 4 amide bonds. The largest absolute Gasteiger partial charge is 0.340 e. The summed E-state index contributed by atoms with van der Waals surface area (Å²) in [5.74, 6) is -0.257. The van der Waals surface area contributed by atoms with Gasteiger partial charge in [-0.2, -0.15) is 0 Å². The third-order valence-corrected chi connectivity index (χ3v) is 6.62. The van der Waals surface area contributed by atoms with Gasteiger partial charge in [0.05, 0.1) is 0 Å². The summed E-state index contributed by atoms with van der Waals surface area (Å²) in [6.07, 6.45) is -0.486. The van der Waals surface area contributed by atoms with Crippen molar-refractivity contribution in [3.05, 3.63) is 35.4 Å². The molecule has 2 aliphatic rings. The smallest absolute Gasteiger partial charge is 0.274 e. The Morgan fingerprint density at radius 3 is 1.58 bits per heavy atom. The number of hydroxylamine groups is 2. The summed E-state index contributed by atoms with van der Waals surface area (Å²) in [6, 6.07) is 6.07. The molecule has 1 aromatic carbocycles. The van der Waals surface area contributed by atoms with Crippen LogP contribution in [0.2, 0.25) is 0 Å². The fourth-order valence-corrected chi connectivity index (χ4v) is 5.00. The summed E-state index contributed by atoms with van der Waals surface area (Å²) in [4.78, 5) is 65.6. The molecule has 10 nitrogen and oxygen atoms in total. The molecule has 0 aliphatic carbocycles. The molecule has 0 saturated carbocycles. The Labute approximate surface area is 225 Å². The lowest BCUT2D eigenvalue weighted by Crippen LogP contribution is -2.51. The van der Waals surface area contributed by atoms with Crippen LogP contribution in [0.25, 0.3) is 0 Å². The minimum Gasteiger partial charge on any atom is -0.340 e. The van der Waals surface area contributed by atoms with Crippen molar-refractivity contribution in [3.63, 3.8) is 0 Å². The average Bonchev–Trinajstić information content (AvgIpc) is 2.85. The SMILES string of the molecule is CC(C)CN1CC(C)C[C@@H](ONC(=O)c2cccc(C(=O)NO[C@@H]3CC(C)CN(CC(C)C)C3=O)c2)C1=O. The minimum atomic E-state index is -0.757. The van der Waals surface area contributed by atoms with Crippen LogP contribution in [0, 0.1) is 23.7 Å². The number of nitrogens with one attached hydrogen (secondary N) is 2. The van der Waals surface area contributed by atoms with E-state index in [1.807, 2.05) is 41.5 Å². The van der Waals surface area contributed by atoms with Gasteiger partial charge >= 0.3 is 0 Å². The van der Waals surface area contributed by atoms with E-state index in [4.69, 9.17) is 9.68 Å². The Balaban J connectivity index is 1.56. The summed E-state index contributed by atoms with van der Waals surface area (Å²) in [6.45, 7) is 14.9. The lowest BCUT2D eigenvalue weighted by atomic mass is 9.96. The highest BCUT2D eigenvalue weighted by molar-refractivity contribution is 5.99. The van der Waals surface area contributed by atoms with E-state index in [0.29, 0.717) is 50.9 Å².